The molecule has 0 aliphatic heterocycles. The molecule has 138 valence electrons. The van der Waals surface area contributed by atoms with Crippen LogP contribution in [-0.2, 0) is 6.54 Å². The summed E-state index contributed by atoms with van der Waals surface area (Å²) in [5.41, 5.74) is 1.28. The highest BCUT2D eigenvalue weighted by Gasteiger charge is 2.24. The molecule has 2 aromatic heterocycles. The van der Waals surface area contributed by atoms with Crippen molar-refractivity contribution in [3.05, 3.63) is 65.2 Å². The summed E-state index contributed by atoms with van der Waals surface area (Å²) < 4.78 is 17.8. The Morgan fingerprint density at radius 1 is 1.22 bits per heavy atom. The van der Waals surface area contributed by atoms with Crippen LogP contribution in [0.15, 0.2) is 47.1 Å². The van der Waals surface area contributed by atoms with Gasteiger partial charge in [0, 0.05) is 18.9 Å². The fourth-order valence-electron chi connectivity index (χ4n) is 2.82. The zero-order valence-corrected chi connectivity index (χ0v) is 15.3. The number of aryl methyl sites for hydroxylation is 1. The number of furan rings is 1. The molecule has 0 radical (unpaired) electrons. The monoisotopic (exact) mass is 365 g/mol. The van der Waals surface area contributed by atoms with Gasteiger partial charge in [-0.3, -0.25) is 9.36 Å². The Labute approximate surface area is 156 Å². The zero-order chi connectivity index (χ0) is 19.4. The summed E-state index contributed by atoms with van der Waals surface area (Å²) in [7, 11) is 3.11. The van der Waals surface area contributed by atoms with Crippen LogP contribution in [0.1, 0.15) is 27.2 Å². The van der Waals surface area contributed by atoms with E-state index in [9.17, 15) is 10.1 Å². The van der Waals surface area contributed by atoms with Gasteiger partial charge in [0.15, 0.2) is 11.5 Å². The number of aromatic nitrogens is 1. The average Bonchev–Trinajstić information content (AvgIpc) is 3.33. The van der Waals surface area contributed by atoms with Gasteiger partial charge in [-0.1, -0.05) is 6.07 Å². The summed E-state index contributed by atoms with van der Waals surface area (Å²) in [6, 6.07) is 11.1. The van der Waals surface area contributed by atoms with Gasteiger partial charge in [0.2, 0.25) is 5.88 Å². The van der Waals surface area contributed by atoms with Crippen LogP contribution in [0.5, 0.6) is 11.5 Å². The third-order valence-corrected chi connectivity index (χ3v) is 4.14. The SMILES string of the molecule is COc1ccc(CNC(=O)c2c(C)oc(-n3cccc3)c2C#N)cc1OC. The molecule has 0 aliphatic rings. The van der Waals surface area contributed by atoms with Crippen molar-refractivity contribution in [2.24, 2.45) is 0 Å². The summed E-state index contributed by atoms with van der Waals surface area (Å²) in [6.45, 7) is 1.94. The Morgan fingerprint density at radius 2 is 1.93 bits per heavy atom. The number of carbonyl (C=O) groups excluding carboxylic acids is 1. The van der Waals surface area contributed by atoms with Crippen molar-refractivity contribution < 1.29 is 18.7 Å². The summed E-state index contributed by atoms with van der Waals surface area (Å²) in [6.07, 6.45) is 3.51. The van der Waals surface area contributed by atoms with Crippen molar-refractivity contribution in [2.45, 2.75) is 13.5 Å². The first-order chi connectivity index (χ1) is 13.1. The minimum Gasteiger partial charge on any atom is -0.493 e. The third-order valence-electron chi connectivity index (χ3n) is 4.14. The van der Waals surface area contributed by atoms with E-state index in [-0.39, 0.29) is 23.6 Å². The van der Waals surface area contributed by atoms with E-state index in [0.29, 0.717) is 23.1 Å². The Morgan fingerprint density at radius 3 is 2.56 bits per heavy atom. The molecule has 1 aromatic carbocycles. The lowest BCUT2D eigenvalue weighted by molar-refractivity contribution is 0.0949. The normalized spacial score (nSPS) is 10.3. The van der Waals surface area contributed by atoms with E-state index in [1.807, 2.05) is 18.2 Å². The predicted octanol–water partition coefficient (Wildman–Crippen LogP) is 3.20. The highest BCUT2D eigenvalue weighted by atomic mass is 16.5. The largest absolute Gasteiger partial charge is 0.493 e. The number of benzene rings is 1. The molecule has 3 rings (SSSR count). The van der Waals surface area contributed by atoms with Crippen LogP contribution < -0.4 is 14.8 Å². The first kappa shape index (κ1) is 18.1. The van der Waals surface area contributed by atoms with Gasteiger partial charge < -0.3 is 19.2 Å². The van der Waals surface area contributed by atoms with Crippen molar-refractivity contribution in [3.63, 3.8) is 0 Å². The molecule has 3 aromatic rings. The molecular weight excluding hydrogens is 346 g/mol. The number of hydrogen-bond acceptors (Lipinski definition) is 5. The second kappa shape index (κ2) is 7.70. The van der Waals surface area contributed by atoms with Crippen LogP contribution in [-0.4, -0.2) is 24.7 Å². The van der Waals surface area contributed by atoms with Gasteiger partial charge in [0.1, 0.15) is 23.0 Å². The lowest BCUT2D eigenvalue weighted by Crippen LogP contribution is -2.24. The van der Waals surface area contributed by atoms with E-state index in [4.69, 9.17) is 13.9 Å². The van der Waals surface area contributed by atoms with Crippen molar-refractivity contribution in [3.8, 4) is 23.5 Å². The molecule has 27 heavy (non-hydrogen) atoms. The fraction of sp³-hybridized carbons (Fsp3) is 0.200. The van der Waals surface area contributed by atoms with E-state index < -0.39 is 0 Å². The number of nitriles is 1. The summed E-state index contributed by atoms with van der Waals surface area (Å²) in [5, 5.41) is 12.4. The van der Waals surface area contributed by atoms with E-state index in [2.05, 4.69) is 11.4 Å². The molecule has 1 amide bonds. The van der Waals surface area contributed by atoms with Crippen molar-refractivity contribution in [1.29, 1.82) is 5.26 Å². The van der Waals surface area contributed by atoms with Gasteiger partial charge in [0.05, 0.1) is 14.2 Å². The van der Waals surface area contributed by atoms with Gasteiger partial charge in [0.25, 0.3) is 5.91 Å². The van der Waals surface area contributed by atoms with Gasteiger partial charge in [-0.25, -0.2) is 0 Å². The molecule has 0 atom stereocenters. The van der Waals surface area contributed by atoms with Crippen molar-refractivity contribution in [2.75, 3.05) is 14.2 Å². The minimum atomic E-state index is -0.374. The molecule has 0 spiro atoms. The number of nitrogens with zero attached hydrogens (tertiary/aromatic N) is 2. The van der Waals surface area contributed by atoms with Crippen LogP contribution in [0, 0.1) is 18.3 Å². The van der Waals surface area contributed by atoms with Crippen LogP contribution in [0.3, 0.4) is 0 Å². The molecule has 0 aliphatic carbocycles. The summed E-state index contributed by atoms with van der Waals surface area (Å²) in [5.74, 6) is 1.54. The first-order valence-corrected chi connectivity index (χ1v) is 8.25. The third kappa shape index (κ3) is 3.51. The molecule has 7 nitrogen and oxygen atoms in total. The van der Waals surface area contributed by atoms with Gasteiger partial charge in [-0.15, -0.1) is 0 Å². The van der Waals surface area contributed by atoms with E-state index in [1.165, 1.54) is 0 Å². The number of carbonyl (C=O) groups is 1. The second-order valence-electron chi connectivity index (χ2n) is 5.79. The highest BCUT2D eigenvalue weighted by molar-refractivity contribution is 5.98. The molecule has 0 bridgehead atoms. The lowest BCUT2D eigenvalue weighted by atomic mass is 10.1. The molecule has 2 heterocycles. The lowest BCUT2D eigenvalue weighted by Gasteiger charge is -2.10. The quantitative estimate of drug-likeness (QED) is 0.724. The first-order valence-electron chi connectivity index (χ1n) is 8.25. The average molecular weight is 365 g/mol. The highest BCUT2D eigenvalue weighted by Crippen LogP contribution is 2.28. The summed E-state index contributed by atoms with van der Waals surface area (Å²) >= 11 is 0. The van der Waals surface area contributed by atoms with E-state index >= 15 is 0 Å². The van der Waals surface area contributed by atoms with E-state index in [0.717, 1.165) is 5.56 Å². The fourth-order valence-corrected chi connectivity index (χ4v) is 2.82. The molecule has 0 unspecified atom stereocenters. The molecule has 0 saturated carbocycles. The number of rotatable bonds is 6. The topological polar surface area (TPSA) is 89.4 Å². The van der Waals surface area contributed by atoms with Crippen molar-refractivity contribution >= 4 is 5.91 Å². The van der Waals surface area contributed by atoms with Crippen LogP contribution in [0.2, 0.25) is 0 Å². The maximum absolute atomic E-state index is 12.7. The number of amides is 1. The number of nitrogens with one attached hydrogen (secondary N) is 1. The second-order valence-corrected chi connectivity index (χ2v) is 5.79. The standard InChI is InChI=1S/C20H19N3O4/c1-13-18(15(11-21)20(27-13)23-8-4-5-9-23)19(24)22-12-14-6-7-16(25-2)17(10-14)26-3/h4-10H,12H2,1-3H3,(H,22,24). The number of ether oxygens (including phenoxy) is 2. The molecular formula is C20H19N3O4. The summed E-state index contributed by atoms with van der Waals surface area (Å²) in [4.78, 5) is 12.7. The Bertz CT molecular complexity index is 997. The van der Waals surface area contributed by atoms with Crippen LogP contribution in [0.4, 0.5) is 0 Å². The smallest absolute Gasteiger partial charge is 0.256 e. The zero-order valence-electron chi connectivity index (χ0n) is 15.3. The number of methoxy groups -OCH3 is 2. The minimum absolute atomic E-state index is 0.202. The number of hydrogen-bond donors (Lipinski definition) is 1. The maximum atomic E-state index is 12.7. The molecule has 0 saturated heterocycles. The molecule has 1 N–H and O–H groups in total. The van der Waals surface area contributed by atoms with Crippen LogP contribution >= 0.6 is 0 Å². The van der Waals surface area contributed by atoms with Gasteiger partial charge in [-0.2, -0.15) is 5.26 Å². The van der Waals surface area contributed by atoms with E-state index in [1.54, 1.807) is 50.2 Å². The predicted molar refractivity (Wildman–Crippen MR) is 98.2 cm³/mol. The molecule has 7 heteroatoms. The van der Waals surface area contributed by atoms with Crippen LogP contribution in [0.25, 0.3) is 5.88 Å². The van der Waals surface area contributed by atoms with Gasteiger partial charge in [-0.05, 0) is 36.8 Å². The van der Waals surface area contributed by atoms with Crippen molar-refractivity contribution in [1.82, 2.24) is 9.88 Å². The Kier molecular flexibility index (Phi) is 5.18. The molecule has 0 fully saturated rings. The Hall–Kier alpha value is -3.66. The maximum Gasteiger partial charge on any atom is 0.256 e. The van der Waals surface area contributed by atoms with Gasteiger partial charge >= 0.3 is 0 Å². The Balaban J connectivity index is 1.82.